The van der Waals surface area contributed by atoms with E-state index in [2.05, 4.69) is 6.92 Å². The fourth-order valence-corrected chi connectivity index (χ4v) is 2.65. The molecule has 0 aliphatic heterocycles. The summed E-state index contributed by atoms with van der Waals surface area (Å²) in [6, 6.07) is 0. The van der Waals surface area contributed by atoms with E-state index in [1.54, 1.807) is 0 Å². The molecule has 1 unspecified atom stereocenters. The van der Waals surface area contributed by atoms with Gasteiger partial charge in [0.05, 0.1) is 0 Å². The number of hydrogen-bond acceptors (Lipinski definition) is 3. The molecular weight excluding hydrogens is 398 g/mol. The number of aliphatic hydroxyl groups is 1. The number of aliphatic hydroxyl groups excluding tert-OH is 1. The SMILES string of the molecule is CC(O)C(=O)O.CCCCCCCCCCCCCCCCCC(=O)O.[Zn]. The van der Waals surface area contributed by atoms with Crippen molar-refractivity contribution in [2.24, 2.45) is 0 Å². The molecular formula is C21H42O5Zn. The van der Waals surface area contributed by atoms with Gasteiger partial charge in [-0.05, 0) is 13.3 Å². The zero-order valence-electron chi connectivity index (χ0n) is 17.8. The van der Waals surface area contributed by atoms with Crippen LogP contribution in [0.4, 0.5) is 0 Å². The molecule has 0 aliphatic carbocycles. The first-order valence-electron chi connectivity index (χ1n) is 10.5. The molecule has 0 amide bonds. The standard InChI is InChI=1S/C18H36O2.C3H6O3.Zn/c1-2-3-4-5-6-7-8-9-10-11-12-13-14-15-16-17-18(19)20;1-2(4)3(5)6;/h2-17H2,1H3,(H,19,20);2,4H,1H3,(H,5,6);. The third-order valence-electron chi connectivity index (χ3n) is 4.35. The van der Waals surface area contributed by atoms with E-state index in [1.165, 1.54) is 90.4 Å². The van der Waals surface area contributed by atoms with Gasteiger partial charge in [0.1, 0.15) is 6.10 Å². The second-order valence-electron chi connectivity index (χ2n) is 7.11. The fourth-order valence-electron chi connectivity index (χ4n) is 2.65. The first kappa shape index (κ1) is 31.2. The summed E-state index contributed by atoms with van der Waals surface area (Å²) in [6.07, 6.45) is 19.0. The minimum atomic E-state index is -1.23. The maximum Gasteiger partial charge on any atom is 0.332 e. The Balaban J connectivity index is -0.000000709. The van der Waals surface area contributed by atoms with Gasteiger partial charge in [0.2, 0.25) is 0 Å². The summed E-state index contributed by atoms with van der Waals surface area (Å²) < 4.78 is 0. The summed E-state index contributed by atoms with van der Waals surface area (Å²) in [7, 11) is 0. The van der Waals surface area contributed by atoms with E-state index < -0.39 is 18.0 Å². The number of rotatable bonds is 17. The van der Waals surface area contributed by atoms with E-state index in [0.29, 0.717) is 6.42 Å². The predicted molar refractivity (Wildman–Crippen MR) is 106 cm³/mol. The molecule has 158 valence electrons. The van der Waals surface area contributed by atoms with Crippen molar-refractivity contribution in [1.82, 2.24) is 0 Å². The molecule has 0 heterocycles. The molecule has 6 heteroatoms. The smallest absolute Gasteiger partial charge is 0.332 e. The quantitative estimate of drug-likeness (QED) is 0.197. The molecule has 0 aromatic carbocycles. The van der Waals surface area contributed by atoms with E-state index in [1.807, 2.05) is 0 Å². The van der Waals surface area contributed by atoms with E-state index in [-0.39, 0.29) is 19.5 Å². The van der Waals surface area contributed by atoms with Crippen LogP contribution < -0.4 is 0 Å². The van der Waals surface area contributed by atoms with Crippen molar-refractivity contribution in [1.29, 1.82) is 0 Å². The van der Waals surface area contributed by atoms with Crippen molar-refractivity contribution in [3.63, 3.8) is 0 Å². The van der Waals surface area contributed by atoms with Gasteiger partial charge in [-0.25, -0.2) is 4.79 Å². The molecule has 0 spiro atoms. The maximum atomic E-state index is 10.3. The normalized spacial score (nSPS) is 11.1. The topological polar surface area (TPSA) is 94.8 Å². The monoisotopic (exact) mass is 438 g/mol. The zero-order chi connectivity index (χ0) is 20.0. The maximum absolute atomic E-state index is 10.3. The molecule has 0 rings (SSSR count). The molecule has 0 aromatic rings. The van der Waals surface area contributed by atoms with Crippen LogP contribution in [0.3, 0.4) is 0 Å². The first-order chi connectivity index (χ1) is 12.4. The van der Waals surface area contributed by atoms with Crippen molar-refractivity contribution in [2.45, 2.75) is 123 Å². The molecule has 5 nitrogen and oxygen atoms in total. The Labute approximate surface area is 179 Å². The number of carbonyl (C=O) groups is 2. The Morgan fingerprint density at radius 1 is 0.667 bits per heavy atom. The van der Waals surface area contributed by atoms with Crippen LogP contribution in [0.25, 0.3) is 0 Å². The molecule has 1 atom stereocenters. The number of carboxylic acid groups (broad SMARTS) is 2. The summed E-state index contributed by atoms with van der Waals surface area (Å²) in [4.78, 5) is 19.8. The van der Waals surface area contributed by atoms with E-state index in [9.17, 15) is 9.59 Å². The van der Waals surface area contributed by atoms with Crippen molar-refractivity contribution in [3.05, 3.63) is 0 Å². The van der Waals surface area contributed by atoms with Crippen molar-refractivity contribution < 1.29 is 44.4 Å². The molecule has 0 saturated carbocycles. The molecule has 0 bridgehead atoms. The minimum absolute atomic E-state index is 0. The van der Waals surface area contributed by atoms with Crippen LogP contribution in [0.15, 0.2) is 0 Å². The van der Waals surface area contributed by atoms with Gasteiger partial charge >= 0.3 is 11.9 Å². The zero-order valence-corrected chi connectivity index (χ0v) is 20.7. The van der Waals surface area contributed by atoms with Gasteiger partial charge in [-0.2, -0.15) is 0 Å². The average Bonchev–Trinajstić information content (AvgIpc) is 2.58. The molecule has 0 aliphatic rings. The van der Waals surface area contributed by atoms with Crippen molar-refractivity contribution in [3.8, 4) is 0 Å². The third-order valence-corrected chi connectivity index (χ3v) is 4.35. The number of hydrogen-bond donors (Lipinski definition) is 3. The summed E-state index contributed by atoms with van der Waals surface area (Å²) >= 11 is 0. The van der Waals surface area contributed by atoms with Crippen LogP contribution in [0.1, 0.15) is 117 Å². The van der Waals surface area contributed by atoms with Crippen LogP contribution in [-0.4, -0.2) is 33.4 Å². The summed E-state index contributed by atoms with van der Waals surface area (Å²) in [5.41, 5.74) is 0. The molecule has 0 aromatic heterocycles. The van der Waals surface area contributed by atoms with Crippen LogP contribution >= 0.6 is 0 Å². The fraction of sp³-hybridized carbons (Fsp3) is 0.905. The summed E-state index contributed by atoms with van der Waals surface area (Å²) in [5, 5.41) is 24.3. The van der Waals surface area contributed by atoms with Crippen LogP contribution in [0, 0.1) is 0 Å². The van der Waals surface area contributed by atoms with Gasteiger partial charge in [0.15, 0.2) is 0 Å². The molecule has 0 fully saturated rings. The minimum Gasteiger partial charge on any atom is -0.481 e. The molecule has 3 N–H and O–H groups in total. The second kappa shape index (κ2) is 25.5. The predicted octanol–water partition coefficient (Wildman–Crippen LogP) is 5.78. The van der Waals surface area contributed by atoms with Gasteiger partial charge in [-0.1, -0.05) is 96.8 Å². The Bertz CT molecular complexity index is 322. The van der Waals surface area contributed by atoms with E-state index in [0.717, 1.165) is 12.8 Å². The van der Waals surface area contributed by atoms with Crippen LogP contribution in [0.2, 0.25) is 0 Å². The van der Waals surface area contributed by atoms with Gasteiger partial charge in [-0.15, -0.1) is 0 Å². The third kappa shape index (κ3) is 33.5. The summed E-state index contributed by atoms with van der Waals surface area (Å²) in [6.45, 7) is 3.47. The Morgan fingerprint density at radius 2 is 0.926 bits per heavy atom. The van der Waals surface area contributed by atoms with E-state index in [4.69, 9.17) is 15.3 Å². The largest absolute Gasteiger partial charge is 0.481 e. The summed E-state index contributed by atoms with van der Waals surface area (Å²) in [5.74, 6) is -1.84. The number of unbranched alkanes of at least 4 members (excludes halogenated alkanes) is 14. The van der Waals surface area contributed by atoms with Gasteiger partial charge in [0, 0.05) is 25.9 Å². The first-order valence-corrected chi connectivity index (χ1v) is 10.5. The Hall–Kier alpha value is -0.477. The van der Waals surface area contributed by atoms with Crippen molar-refractivity contribution >= 4 is 11.9 Å². The van der Waals surface area contributed by atoms with Gasteiger partial charge in [-0.3, -0.25) is 4.79 Å². The van der Waals surface area contributed by atoms with E-state index >= 15 is 0 Å². The number of aliphatic carboxylic acids is 2. The molecule has 0 radical (unpaired) electrons. The van der Waals surface area contributed by atoms with Crippen LogP contribution in [-0.2, 0) is 29.1 Å². The second-order valence-corrected chi connectivity index (χ2v) is 7.11. The average molecular weight is 440 g/mol. The molecule has 27 heavy (non-hydrogen) atoms. The Kier molecular flexibility index (Phi) is 29.5. The van der Waals surface area contributed by atoms with Gasteiger partial charge in [0.25, 0.3) is 0 Å². The van der Waals surface area contributed by atoms with Gasteiger partial charge < -0.3 is 15.3 Å². The Morgan fingerprint density at radius 3 is 1.15 bits per heavy atom. The van der Waals surface area contributed by atoms with Crippen LogP contribution in [0.5, 0.6) is 0 Å². The van der Waals surface area contributed by atoms with Crippen molar-refractivity contribution in [2.75, 3.05) is 0 Å². The molecule has 0 saturated heterocycles. The number of carboxylic acids is 2.